The summed E-state index contributed by atoms with van der Waals surface area (Å²) in [6.07, 6.45) is 2.47. The van der Waals surface area contributed by atoms with Gasteiger partial charge in [-0.2, -0.15) is 11.8 Å². The van der Waals surface area contributed by atoms with Crippen LogP contribution in [0.5, 0.6) is 5.75 Å². The van der Waals surface area contributed by atoms with Crippen LogP contribution in [0.2, 0.25) is 0 Å². The fourth-order valence-corrected chi connectivity index (χ4v) is 3.07. The smallest absolute Gasteiger partial charge is 0.257 e. The van der Waals surface area contributed by atoms with Crippen molar-refractivity contribution in [2.75, 3.05) is 30.5 Å². The van der Waals surface area contributed by atoms with Crippen LogP contribution in [0, 0.1) is 0 Å². The van der Waals surface area contributed by atoms with Gasteiger partial charge in [0, 0.05) is 17.8 Å². The van der Waals surface area contributed by atoms with Crippen LogP contribution in [0.3, 0.4) is 0 Å². The number of ether oxygens (including phenoxy) is 1. The Morgan fingerprint density at radius 3 is 2.37 bits per heavy atom. The van der Waals surface area contributed by atoms with Crippen LogP contribution in [0.4, 0.5) is 5.69 Å². The molecule has 0 radical (unpaired) electrons. The Bertz CT molecular complexity index is 828. The van der Waals surface area contributed by atoms with Gasteiger partial charge in [0.05, 0.1) is 0 Å². The molecule has 160 valence electrons. The van der Waals surface area contributed by atoms with Gasteiger partial charge >= 0.3 is 0 Å². The lowest BCUT2D eigenvalue weighted by Crippen LogP contribution is -2.44. The number of hydrogen-bond donors (Lipinski definition) is 3. The van der Waals surface area contributed by atoms with E-state index in [1.54, 1.807) is 60.3 Å². The van der Waals surface area contributed by atoms with Crippen molar-refractivity contribution in [3.8, 4) is 5.75 Å². The molecular weight excluding hydrogens is 402 g/mol. The summed E-state index contributed by atoms with van der Waals surface area (Å²) in [7, 11) is 0. The van der Waals surface area contributed by atoms with Crippen LogP contribution in [0.25, 0.3) is 0 Å². The molecule has 2 rings (SSSR count). The van der Waals surface area contributed by atoms with Crippen molar-refractivity contribution >= 4 is 35.2 Å². The quantitative estimate of drug-likeness (QED) is 0.510. The van der Waals surface area contributed by atoms with E-state index < -0.39 is 6.04 Å². The Balaban J connectivity index is 1.95. The second-order valence-corrected chi connectivity index (χ2v) is 7.41. The topological polar surface area (TPSA) is 96.5 Å². The predicted octanol–water partition coefficient (Wildman–Crippen LogP) is 2.69. The first-order chi connectivity index (χ1) is 14.5. The molecule has 0 heterocycles. The van der Waals surface area contributed by atoms with Crippen LogP contribution in [0.1, 0.15) is 23.7 Å². The molecule has 1 unspecified atom stereocenters. The van der Waals surface area contributed by atoms with E-state index in [1.807, 2.05) is 19.2 Å². The third-order valence-corrected chi connectivity index (χ3v) is 4.78. The predicted molar refractivity (Wildman–Crippen MR) is 120 cm³/mol. The lowest BCUT2D eigenvalue weighted by atomic mass is 10.1. The highest BCUT2D eigenvalue weighted by Crippen LogP contribution is 2.16. The molecule has 0 spiro atoms. The Kier molecular flexibility index (Phi) is 9.73. The second kappa shape index (κ2) is 12.5. The Morgan fingerprint density at radius 1 is 1.03 bits per heavy atom. The van der Waals surface area contributed by atoms with Crippen molar-refractivity contribution in [3.05, 3.63) is 60.2 Å². The average Bonchev–Trinajstić information content (AvgIpc) is 2.76. The summed E-state index contributed by atoms with van der Waals surface area (Å²) < 4.78 is 5.40. The van der Waals surface area contributed by atoms with Gasteiger partial charge in [-0.05, 0) is 61.8 Å². The summed E-state index contributed by atoms with van der Waals surface area (Å²) in [5, 5.41) is 8.29. The summed E-state index contributed by atoms with van der Waals surface area (Å²) in [5.74, 6) is 0.492. The van der Waals surface area contributed by atoms with Crippen molar-refractivity contribution < 1.29 is 19.1 Å². The Morgan fingerprint density at radius 2 is 1.73 bits per heavy atom. The van der Waals surface area contributed by atoms with Gasteiger partial charge < -0.3 is 20.7 Å². The van der Waals surface area contributed by atoms with E-state index >= 15 is 0 Å². The second-order valence-electron chi connectivity index (χ2n) is 6.43. The summed E-state index contributed by atoms with van der Waals surface area (Å²) in [6.45, 7) is 2.32. The maximum absolute atomic E-state index is 12.7. The number of nitrogens with one attached hydrogen (secondary N) is 3. The normalized spacial score (nSPS) is 11.3. The van der Waals surface area contributed by atoms with Gasteiger partial charge in [0.2, 0.25) is 5.91 Å². The zero-order valence-electron chi connectivity index (χ0n) is 17.1. The molecule has 0 fully saturated rings. The molecule has 3 N–H and O–H groups in total. The third kappa shape index (κ3) is 7.79. The first-order valence-electron chi connectivity index (χ1n) is 9.68. The minimum atomic E-state index is -0.654. The molecule has 8 heteroatoms. The van der Waals surface area contributed by atoms with Crippen LogP contribution < -0.4 is 20.7 Å². The molecule has 0 aliphatic heterocycles. The summed E-state index contributed by atoms with van der Waals surface area (Å²) in [4.78, 5) is 36.6. The molecule has 0 aliphatic rings. The molecule has 7 nitrogen and oxygen atoms in total. The fourth-order valence-electron chi connectivity index (χ4n) is 2.60. The maximum Gasteiger partial charge on any atom is 0.257 e. The molecule has 0 saturated heterocycles. The number of benzene rings is 2. The number of likely N-dealkylation sites (N-methyl/N-ethyl adjacent to an activating group) is 1. The van der Waals surface area contributed by atoms with Crippen molar-refractivity contribution in [3.63, 3.8) is 0 Å². The molecule has 2 aromatic rings. The summed E-state index contributed by atoms with van der Waals surface area (Å²) >= 11 is 1.61. The van der Waals surface area contributed by atoms with E-state index in [0.29, 0.717) is 30.0 Å². The SMILES string of the molecule is CCNC(=O)COc1ccc(NC(=O)C(CCSC)NC(=O)c2ccccc2)cc1. The number of thioether (sulfide) groups is 1. The van der Waals surface area contributed by atoms with Crippen molar-refractivity contribution in [2.24, 2.45) is 0 Å². The average molecular weight is 430 g/mol. The maximum atomic E-state index is 12.7. The number of amides is 3. The molecule has 2 aromatic carbocycles. The lowest BCUT2D eigenvalue weighted by Gasteiger charge is -2.18. The van der Waals surface area contributed by atoms with E-state index in [9.17, 15) is 14.4 Å². The monoisotopic (exact) mass is 429 g/mol. The van der Waals surface area contributed by atoms with Gasteiger partial charge in [-0.25, -0.2) is 0 Å². The standard InChI is InChI=1S/C22H27N3O4S/c1-3-23-20(26)15-29-18-11-9-17(10-12-18)24-22(28)19(13-14-30-2)25-21(27)16-7-5-4-6-8-16/h4-12,19H,3,13-15H2,1-2H3,(H,23,26)(H,24,28)(H,25,27). The number of anilines is 1. The van der Waals surface area contributed by atoms with Crippen LogP contribution >= 0.6 is 11.8 Å². The molecule has 0 aliphatic carbocycles. The minimum Gasteiger partial charge on any atom is -0.484 e. The van der Waals surface area contributed by atoms with E-state index in [2.05, 4.69) is 16.0 Å². The van der Waals surface area contributed by atoms with Crippen LogP contribution in [-0.2, 0) is 9.59 Å². The summed E-state index contributed by atoms with van der Waals surface area (Å²) in [6, 6.07) is 14.9. The zero-order valence-corrected chi connectivity index (χ0v) is 18.0. The largest absolute Gasteiger partial charge is 0.484 e. The highest BCUT2D eigenvalue weighted by atomic mass is 32.2. The fraction of sp³-hybridized carbons (Fsp3) is 0.318. The molecule has 0 saturated carbocycles. The first-order valence-corrected chi connectivity index (χ1v) is 11.1. The number of rotatable bonds is 11. The van der Waals surface area contributed by atoms with E-state index in [0.717, 1.165) is 5.75 Å². The minimum absolute atomic E-state index is 0.0676. The molecular formula is C22H27N3O4S. The molecule has 3 amide bonds. The lowest BCUT2D eigenvalue weighted by molar-refractivity contribution is -0.123. The first kappa shape index (κ1) is 23.3. The van der Waals surface area contributed by atoms with Crippen molar-refractivity contribution in [2.45, 2.75) is 19.4 Å². The van der Waals surface area contributed by atoms with Crippen LogP contribution in [0.15, 0.2) is 54.6 Å². The number of carbonyl (C=O) groups is 3. The molecule has 0 aromatic heterocycles. The number of hydrogen-bond acceptors (Lipinski definition) is 5. The van der Waals surface area contributed by atoms with Gasteiger partial charge in [0.1, 0.15) is 11.8 Å². The van der Waals surface area contributed by atoms with Crippen molar-refractivity contribution in [1.82, 2.24) is 10.6 Å². The zero-order chi connectivity index (χ0) is 21.8. The van der Waals surface area contributed by atoms with Crippen LogP contribution in [-0.4, -0.2) is 48.9 Å². The van der Waals surface area contributed by atoms with Gasteiger partial charge in [-0.15, -0.1) is 0 Å². The van der Waals surface area contributed by atoms with Gasteiger partial charge in [-0.3, -0.25) is 14.4 Å². The highest BCUT2D eigenvalue weighted by Gasteiger charge is 2.21. The third-order valence-electron chi connectivity index (χ3n) is 4.13. The van der Waals surface area contributed by atoms with E-state index in [1.165, 1.54) is 0 Å². The summed E-state index contributed by atoms with van der Waals surface area (Å²) in [5.41, 5.74) is 1.08. The van der Waals surface area contributed by atoms with Gasteiger partial charge in [0.25, 0.3) is 11.8 Å². The molecule has 1 atom stereocenters. The number of carbonyl (C=O) groups excluding carboxylic acids is 3. The van der Waals surface area contributed by atoms with Gasteiger partial charge in [-0.1, -0.05) is 18.2 Å². The molecule has 0 bridgehead atoms. The molecule has 30 heavy (non-hydrogen) atoms. The Labute approximate surface area is 181 Å². The van der Waals surface area contributed by atoms with Gasteiger partial charge in [0.15, 0.2) is 6.61 Å². The van der Waals surface area contributed by atoms with E-state index in [-0.39, 0.29) is 24.3 Å². The van der Waals surface area contributed by atoms with Crippen molar-refractivity contribution in [1.29, 1.82) is 0 Å². The Hall–Kier alpha value is -3.00. The highest BCUT2D eigenvalue weighted by molar-refractivity contribution is 7.98. The van der Waals surface area contributed by atoms with E-state index in [4.69, 9.17) is 4.74 Å².